The smallest absolute Gasteiger partial charge is 0.352 e. The first-order chi connectivity index (χ1) is 17.1. The molecule has 0 spiro atoms. The van der Waals surface area contributed by atoms with Crippen molar-refractivity contribution in [2.24, 2.45) is 5.16 Å². The second-order valence-electron chi connectivity index (χ2n) is 8.66. The predicted molar refractivity (Wildman–Crippen MR) is 128 cm³/mol. The van der Waals surface area contributed by atoms with Gasteiger partial charge in [-0.3, -0.25) is 14.5 Å². The number of hydrogen-bond donors (Lipinski definition) is 5. The van der Waals surface area contributed by atoms with Crippen LogP contribution < -0.4 is 16.4 Å². The first-order valence-electron chi connectivity index (χ1n) is 10.9. The normalized spacial score (nSPS) is 23.5. The van der Waals surface area contributed by atoms with Gasteiger partial charge in [0.15, 0.2) is 5.13 Å². The number of rotatable bonds is 9. The SMILES string of the molecule is C[N+]1(CC2=C(C(=O)O)N3C(=O)[C@@H](NC(=O)C(=NOCC(=O)O)c4nsc(N)n4)[C@@H]3SC2)CCNCC1. The Morgan fingerprint density at radius 1 is 1.33 bits per heavy atom. The van der Waals surface area contributed by atoms with E-state index in [0.29, 0.717) is 22.4 Å². The largest absolute Gasteiger partial charge is 0.479 e. The van der Waals surface area contributed by atoms with Gasteiger partial charge in [-0.2, -0.15) is 9.36 Å². The van der Waals surface area contributed by atoms with Crippen molar-refractivity contribution < 1.29 is 38.7 Å². The number of nitrogen functional groups attached to an aromatic ring is 1. The van der Waals surface area contributed by atoms with Crippen molar-refractivity contribution in [2.45, 2.75) is 11.4 Å². The molecule has 2 fully saturated rings. The second-order valence-corrected chi connectivity index (χ2v) is 10.5. The third-order valence-corrected chi connectivity index (χ3v) is 7.86. The van der Waals surface area contributed by atoms with E-state index in [0.717, 1.165) is 37.7 Å². The molecular formula is C19H25N8O7S2+. The Balaban J connectivity index is 1.51. The van der Waals surface area contributed by atoms with Crippen molar-refractivity contribution in [3.63, 3.8) is 0 Å². The minimum absolute atomic E-state index is 0.0419. The number of aromatic nitrogens is 2. The summed E-state index contributed by atoms with van der Waals surface area (Å²) >= 11 is 2.15. The number of hydrogen-bond acceptors (Lipinski definition) is 12. The molecule has 15 nitrogen and oxygen atoms in total. The monoisotopic (exact) mass is 541 g/mol. The quantitative estimate of drug-likeness (QED) is 0.0968. The molecule has 0 bridgehead atoms. The molecule has 1 aromatic heterocycles. The van der Waals surface area contributed by atoms with Gasteiger partial charge in [-0.25, -0.2) is 9.59 Å². The number of carboxylic acid groups (broad SMARTS) is 2. The molecule has 0 saturated carbocycles. The highest BCUT2D eigenvalue weighted by atomic mass is 32.2. The Labute approximate surface area is 213 Å². The molecule has 4 heterocycles. The molecule has 0 radical (unpaired) electrons. The van der Waals surface area contributed by atoms with Gasteiger partial charge in [0.2, 0.25) is 18.1 Å². The Bertz CT molecular complexity index is 1150. The van der Waals surface area contributed by atoms with Crippen molar-refractivity contribution in [2.75, 3.05) is 57.9 Å². The lowest BCUT2D eigenvalue weighted by atomic mass is 10.0. The molecule has 3 aliphatic rings. The van der Waals surface area contributed by atoms with E-state index in [1.54, 1.807) is 0 Å². The number of thioether (sulfide) groups is 1. The van der Waals surface area contributed by atoms with Crippen molar-refractivity contribution in [1.82, 2.24) is 24.9 Å². The standard InChI is InChI=1S/C19H24N8O7S2/c1-27(4-2-21-3-5-27)6-9-8-35-17-12(16(31)26(17)13(9)18(32)33)22-15(30)11(24-34-7-10(28)29)14-23-19(20)36-25-14/h12,17,21H,2-8H2,1H3,(H4-,20,22,23,25,28,29,30,32,33)/p+1/t12-,17+/m1/s1. The molecule has 3 aliphatic heterocycles. The number of nitrogens with one attached hydrogen (secondary N) is 2. The van der Waals surface area contributed by atoms with Gasteiger partial charge in [0.25, 0.3) is 11.8 Å². The number of nitrogens with two attached hydrogens (primary N) is 1. The summed E-state index contributed by atoms with van der Waals surface area (Å²) in [6.45, 7) is 3.06. The second kappa shape index (κ2) is 10.4. The third kappa shape index (κ3) is 5.28. The van der Waals surface area contributed by atoms with Crippen LogP contribution in [0.1, 0.15) is 5.82 Å². The summed E-state index contributed by atoms with van der Waals surface area (Å²) in [6.07, 6.45) is 0. The zero-order valence-corrected chi connectivity index (χ0v) is 20.8. The third-order valence-electron chi connectivity index (χ3n) is 5.98. The molecule has 2 atom stereocenters. The van der Waals surface area contributed by atoms with Crippen LogP contribution in [0.15, 0.2) is 16.4 Å². The topological polar surface area (TPSA) is 209 Å². The molecule has 0 unspecified atom stereocenters. The van der Waals surface area contributed by atoms with E-state index in [1.807, 2.05) is 0 Å². The number of anilines is 1. The van der Waals surface area contributed by atoms with Gasteiger partial charge in [-0.05, 0) is 0 Å². The first-order valence-corrected chi connectivity index (χ1v) is 12.7. The summed E-state index contributed by atoms with van der Waals surface area (Å²) in [6, 6.07) is -1.02. The molecular weight excluding hydrogens is 516 g/mol. The molecule has 4 rings (SSSR count). The van der Waals surface area contributed by atoms with Gasteiger partial charge < -0.3 is 35.9 Å². The van der Waals surface area contributed by atoms with Crippen molar-refractivity contribution in [1.29, 1.82) is 0 Å². The number of amides is 2. The van der Waals surface area contributed by atoms with Gasteiger partial charge >= 0.3 is 11.9 Å². The van der Waals surface area contributed by atoms with E-state index in [9.17, 15) is 24.3 Å². The number of piperazine rings is 1. The van der Waals surface area contributed by atoms with Gasteiger partial charge in [0, 0.05) is 35.9 Å². The molecule has 6 N–H and O–H groups in total. The van der Waals surface area contributed by atoms with Crippen LogP contribution in [0, 0.1) is 0 Å². The zero-order valence-electron chi connectivity index (χ0n) is 19.2. The van der Waals surface area contributed by atoms with Crippen LogP contribution in [0.5, 0.6) is 0 Å². The van der Waals surface area contributed by atoms with E-state index >= 15 is 0 Å². The molecule has 0 aromatic carbocycles. The van der Waals surface area contributed by atoms with Crippen LogP contribution in [0.4, 0.5) is 5.13 Å². The zero-order chi connectivity index (χ0) is 26.0. The van der Waals surface area contributed by atoms with E-state index in [1.165, 1.54) is 16.7 Å². The molecule has 36 heavy (non-hydrogen) atoms. The number of quaternary nitrogens is 1. The predicted octanol–water partition coefficient (Wildman–Crippen LogP) is -2.29. The van der Waals surface area contributed by atoms with Gasteiger partial charge in [0.05, 0.1) is 20.1 Å². The number of oxime groups is 1. The van der Waals surface area contributed by atoms with E-state index in [2.05, 4.69) is 37.0 Å². The van der Waals surface area contributed by atoms with Crippen LogP contribution in [-0.2, 0) is 24.0 Å². The number of likely N-dealkylation sites (N-methyl/N-ethyl adjacent to an activating group) is 1. The lowest BCUT2D eigenvalue weighted by Gasteiger charge is -2.50. The van der Waals surface area contributed by atoms with Crippen LogP contribution >= 0.6 is 23.3 Å². The molecule has 0 aliphatic carbocycles. The maximum atomic E-state index is 13.0. The van der Waals surface area contributed by atoms with Crippen LogP contribution in [0.25, 0.3) is 0 Å². The van der Waals surface area contributed by atoms with E-state index in [-0.39, 0.29) is 16.7 Å². The van der Waals surface area contributed by atoms with Gasteiger partial charge in [-0.1, -0.05) is 5.16 Å². The number of carbonyl (C=O) groups excluding carboxylic acids is 2. The minimum Gasteiger partial charge on any atom is -0.479 e. The molecule has 2 saturated heterocycles. The van der Waals surface area contributed by atoms with E-state index in [4.69, 9.17) is 10.8 Å². The summed E-state index contributed by atoms with van der Waals surface area (Å²) in [5.41, 5.74) is 5.75. The fourth-order valence-corrected chi connectivity index (χ4v) is 6.01. The van der Waals surface area contributed by atoms with Crippen LogP contribution in [-0.4, -0.2) is 122 Å². The fraction of sp³-hybridized carbons (Fsp3) is 0.526. The lowest BCUT2D eigenvalue weighted by molar-refractivity contribution is -0.906. The number of fused-ring (bicyclic) bond motifs is 1. The van der Waals surface area contributed by atoms with Crippen LogP contribution in [0.3, 0.4) is 0 Å². The van der Waals surface area contributed by atoms with Crippen LogP contribution in [0.2, 0.25) is 0 Å². The number of aliphatic carboxylic acids is 2. The maximum absolute atomic E-state index is 13.0. The van der Waals surface area contributed by atoms with E-state index < -0.39 is 47.5 Å². The number of β-lactam (4-membered cyclic amide) rings is 1. The number of nitrogens with zero attached hydrogens (tertiary/aromatic N) is 5. The summed E-state index contributed by atoms with van der Waals surface area (Å²) in [5.74, 6) is -3.76. The van der Waals surface area contributed by atoms with Gasteiger partial charge in [0.1, 0.15) is 23.7 Å². The Morgan fingerprint density at radius 2 is 2.06 bits per heavy atom. The maximum Gasteiger partial charge on any atom is 0.352 e. The van der Waals surface area contributed by atoms with Crippen molar-refractivity contribution in [3.05, 3.63) is 17.1 Å². The highest BCUT2D eigenvalue weighted by molar-refractivity contribution is 8.00. The van der Waals surface area contributed by atoms with Crippen molar-refractivity contribution in [3.8, 4) is 0 Å². The average Bonchev–Trinajstić information content (AvgIpc) is 3.25. The number of carboxylic acids is 2. The molecule has 1 aromatic rings. The summed E-state index contributed by atoms with van der Waals surface area (Å²) < 4.78 is 4.56. The lowest BCUT2D eigenvalue weighted by Crippen LogP contribution is -2.71. The Kier molecular flexibility index (Phi) is 7.43. The molecule has 194 valence electrons. The van der Waals surface area contributed by atoms with Crippen molar-refractivity contribution >= 4 is 57.9 Å². The summed E-state index contributed by atoms with van der Waals surface area (Å²) in [7, 11) is 2.07. The fourth-order valence-electron chi connectivity index (χ4n) is 4.24. The first kappa shape index (κ1) is 25.8. The highest BCUT2D eigenvalue weighted by Gasteiger charge is 2.55. The molecule has 17 heteroatoms. The number of carbonyl (C=O) groups is 4. The Morgan fingerprint density at radius 3 is 2.67 bits per heavy atom. The Hall–Kier alpha value is -3.28. The highest BCUT2D eigenvalue weighted by Crippen LogP contribution is 2.41. The minimum atomic E-state index is -1.31. The van der Waals surface area contributed by atoms with Gasteiger partial charge in [-0.15, -0.1) is 11.8 Å². The summed E-state index contributed by atoms with van der Waals surface area (Å²) in [5, 5.41) is 27.4. The summed E-state index contributed by atoms with van der Waals surface area (Å²) in [4.78, 5) is 58.6. The average molecular weight is 542 g/mol. The molecule has 2 amide bonds.